The standard InChI is InChI=1S/C16H17N5O3S/c1-8(2)21-13-10(6-18-21)5-11(9(3)19-13)14(22)20-16-17-7-12(25-16)15(23)24-4/h5-8H,1-4H3,(H,17,20,22). The van der Waals surface area contributed by atoms with E-state index in [0.29, 0.717) is 21.3 Å². The van der Waals surface area contributed by atoms with Crippen molar-refractivity contribution in [3.8, 4) is 0 Å². The highest BCUT2D eigenvalue weighted by Gasteiger charge is 2.17. The number of esters is 1. The van der Waals surface area contributed by atoms with Gasteiger partial charge >= 0.3 is 5.97 Å². The number of methoxy groups -OCH3 is 1. The molecule has 0 aliphatic heterocycles. The molecule has 8 nitrogen and oxygen atoms in total. The van der Waals surface area contributed by atoms with Crippen molar-refractivity contribution in [2.24, 2.45) is 0 Å². The Balaban J connectivity index is 1.88. The molecular weight excluding hydrogens is 342 g/mol. The van der Waals surface area contributed by atoms with Crippen molar-refractivity contribution in [3.63, 3.8) is 0 Å². The Morgan fingerprint density at radius 1 is 1.32 bits per heavy atom. The number of ether oxygens (including phenoxy) is 1. The fourth-order valence-corrected chi connectivity index (χ4v) is 3.09. The number of aryl methyl sites for hydroxylation is 1. The zero-order valence-corrected chi connectivity index (χ0v) is 15.0. The highest BCUT2D eigenvalue weighted by Crippen LogP contribution is 2.22. The average Bonchev–Trinajstić information content (AvgIpc) is 3.19. The first-order valence-corrected chi connectivity index (χ1v) is 8.42. The maximum absolute atomic E-state index is 12.5. The SMILES string of the molecule is COC(=O)c1cnc(NC(=O)c2cc3cnn(C(C)C)c3nc2C)s1. The number of aromatic nitrogens is 4. The summed E-state index contributed by atoms with van der Waals surface area (Å²) in [6.45, 7) is 5.81. The van der Waals surface area contributed by atoms with Gasteiger partial charge in [0.05, 0.1) is 30.8 Å². The Morgan fingerprint density at radius 3 is 2.76 bits per heavy atom. The number of nitrogens with one attached hydrogen (secondary N) is 1. The summed E-state index contributed by atoms with van der Waals surface area (Å²) >= 11 is 1.05. The van der Waals surface area contributed by atoms with Crippen molar-refractivity contribution >= 4 is 39.4 Å². The van der Waals surface area contributed by atoms with Crippen molar-refractivity contribution in [1.82, 2.24) is 19.7 Å². The summed E-state index contributed by atoms with van der Waals surface area (Å²) in [7, 11) is 1.29. The molecule has 0 saturated heterocycles. The molecular formula is C16H17N5O3S. The highest BCUT2D eigenvalue weighted by molar-refractivity contribution is 7.17. The summed E-state index contributed by atoms with van der Waals surface area (Å²) in [5, 5.41) is 8.11. The molecule has 0 aliphatic carbocycles. The molecule has 9 heteroatoms. The van der Waals surface area contributed by atoms with Crippen LogP contribution in [0.15, 0.2) is 18.5 Å². The number of pyridine rings is 1. The minimum absolute atomic E-state index is 0.177. The molecule has 0 saturated carbocycles. The van der Waals surface area contributed by atoms with E-state index in [4.69, 9.17) is 0 Å². The zero-order chi connectivity index (χ0) is 18.1. The number of nitrogens with zero attached hydrogens (tertiary/aromatic N) is 4. The normalized spacial score (nSPS) is 11.1. The van der Waals surface area contributed by atoms with Crippen LogP contribution < -0.4 is 5.32 Å². The van der Waals surface area contributed by atoms with Gasteiger partial charge in [0.2, 0.25) is 0 Å². The van der Waals surface area contributed by atoms with Gasteiger partial charge in [-0.15, -0.1) is 0 Å². The van der Waals surface area contributed by atoms with E-state index in [-0.39, 0.29) is 11.9 Å². The molecule has 0 spiro atoms. The Bertz CT molecular complexity index is 960. The van der Waals surface area contributed by atoms with E-state index in [0.717, 1.165) is 22.4 Å². The molecule has 3 aromatic rings. The predicted molar refractivity (Wildman–Crippen MR) is 94.1 cm³/mol. The quantitative estimate of drug-likeness (QED) is 0.719. The molecule has 130 valence electrons. The Labute approximate surface area is 147 Å². The second kappa shape index (κ2) is 6.60. The number of rotatable bonds is 4. The first-order chi connectivity index (χ1) is 11.9. The van der Waals surface area contributed by atoms with Crippen LogP contribution in [0.1, 0.15) is 45.6 Å². The number of hydrogen-bond acceptors (Lipinski definition) is 7. The van der Waals surface area contributed by atoms with Crippen molar-refractivity contribution in [2.45, 2.75) is 26.8 Å². The monoisotopic (exact) mass is 359 g/mol. The molecule has 0 aliphatic rings. The van der Waals surface area contributed by atoms with Crippen molar-refractivity contribution < 1.29 is 14.3 Å². The predicted octanol–water partition coefficient (Wildman–Crippen LogP) is 2.82. The molecule has 1 amide bonds. The van der Waals surface area contributed by atoms with Gasteiger partial charge in [-0.25, -0.2) is 19.4 Å². The summed E-state index contributed by atoms with van der Waals surface area (Å²) in [5.41, 5.74) is 1.77. The Morgan fingerprint density at radius 2 is 2.08 bits per heavy atom. The summed E-state index contributed by atoms with van der Waals surface area (Å²) in [5.74, 6) is -0.826. The lowest BCUT2D eigenvalue weighted by molar-refractivity contribution is 0.0606. The number of amides is 1. The summed E-state index contributed by atoms with van der Waals surface area (Å²) in [4.78, 5) is 32.9. The molecule has 25 heavy (non-hydrogen) atoms. The van der Waals surface area contributed by atoms with E-state index < -0.39 is 5.97 Å². The van der Waals surface area contributed by atoms with Crippen molar-refractivity contribution in [3.05, 3.63) is 34.6 Å². The largest absolute Gasteiger partial charge is 0.465 e. The second-order valence-electron chi connectivity index (χ2n) is 5.69. The number of anilines is 1. The van der Waals surface area contributed by atoms with Gasteiger partial charge < -0.3 is 4.74 Å². The Kier molecular flexibility index (Phi) is 4.49. The van der Waals surface area contributed by atoms with Crippen LogP contribution in [0.5, 0.6) is 0 Å². The van der Waals surface area contributed by atoms with E-state index in [2.05, 4.69) is 25.1 Å². The van der Waals surface area contributed by atoms with Gasteiger partial charge in [0.25, 0.3) is 5.91 Å². The number of thiazole rings is 1. The van der Waals surface area contributed by atoms with Gasteiger partial charge in [0.1, 0.15) is 4.88 Å². The summed E-state index contributed by atoms with van der Waals surface area (Å²) in [6.07, 6.45) is 3.06. The van der Waals surface area contributed by atoms with Gasteiger partial charge in [-0.2, -0.15) is 5.10 Å². The first-order valence-electron chi connectivity index (χ1n) is 7.61. The van der Waals surface area contributed by atoms with Crippen LogP contribution in [0.3, 0.4) is 0 Å². The lowest BCUT2D eigenvalue weighted by atomic mass is 10.1. The third-order valence-corrected chi connectivity index (χ3v) is 4.50. The maximum Gasteiger partial charge on any atom is 0.349 e. The van der Waals surface area contributed by atoms with E-state index in [1.807, 2.05) is 18.5 Å². The molecule has 3 aromatic heterocycles. The van der Waals surface area contributed by atoms with Gasteiger partial charge in [-0.3, -0.25) is 10.1 Å². The summed E-state index contributed by atoms with van der Waals surface area (Å²) in [6, 6.07) is 1.93. The summed E-state index contributed by atoms with van der Waals surface area (Å²) < 4.78 is 6.44. The lowest BCUT2D eigenvalue weighted by Gasteiger charge is -2.09. The lowest BCUT2D eigenvalue weighted by Crippen LogP contribution is -2.14. The molecule has 0 fully saturated rings. The first kappa shape index (κ1) is 17.0. The fourth-order valence-electron chi connectivity index (χ4n) is 2.36. The van der Waals surface area contributed by atoms with Crippen LogP contribution in [0, 0.1) is 6.92 Å². The molecule has 1 N–H and O–H groups in total. The molecule has 3 rings (SSSR count). The van der Waals surface area contributed by atoms with Crippen LogP contribution in [0.25, 0.3) is 11.0 Å². The molecule has 0 unspecified atom stereocenters. The Hall–Kier alpha value is -2.81. The van der Waals surface area contributed by atoms with Gasteiger partial charge in [-0.1, -0.05) is 11.3 Å². The average molecular weight is 359 g/mol. The van der Waals surface area contributed by atoms with Gasteiger partial charge in [0.15, 0.2) is 10.8 Å². The zero-order valence-electron chi connectivity index (χ0n) is 14.2. The number of carbonyl (C=O) groups excluding carboxylic acids is 2. The third-order valence-electron chi connectivity index (χ3n) is 3.61. The van der Waals surface area contributed by atoms with Crippen LogP contribution in [0.2, 0.25) is 0 Å². The minimum atomic E-state index is -0.488. The van der Waals surface area contributed by atoms with E-state index >= 15 is 0 Å². The molecule has 3 heterocycles. The van der Waals surface area contributed by atoms with E-state index in [9.17, 15) is 9.59 Å². The van der Waals surface area contributed by atoms with Gasteiger partial charge in [0, 0.05) is 11.4 Å². The van der Waals surface area contributed by atoms with Crippen LogP contribution in [-0.4, -0.2) is 38.7 Å². The molecule has 0 aromatic carbocycles. The van der Waals surface area contributed by atoms with Crippen molar-refractivity contribution in [2.75, 3.05) is 12.4 Å². The molecule has 0 bridgehead atoms. The van der Waals surface area contributed by atoms with E-state index in [1.54, 1.807) is 19.2 Å². The number of fused-ring (bicyclic) bond motifs is 1. The van der Waals surface area contributed by atoms with Crippen LogP contribution in [-0.2, 0) is 4.74 Å². The second-order valence-corrected chi connectivity index (χ2v) is 6.72. The molecule has 0 radical (unpaired) electrons. The topological polar surface area (TPSA) is 99.0 Å². The fraction of sp³-hybridized carbons (Fsp3) is 0.312. The minimum Gasteiger partial charge on any atom is -0.465 e. The van der Waals surface area contributed by atoms with E-state index in [1.165, 1.54) is 13.3 Å². The van der Waals surface area contributed by atoms with Crippen molar-refractivity contribution in [1.29, 1.82) is 0 Å². The highest BCUT2D eigenvalue weighted by atomic mass is 32.1. The van der Waals surface area contributed by atoms with Crippen LogP contribution >= 0.6 is 11.3 Å². The number of hydrogen-bond donors (Lipinski definition) is 1. The third kappa shape index (κ3) is 3.22. The maximum atomic E-state index is 12.5. The number of carbonyl (C=O) groups is 2. The smallest absolute Gasteiger partial charge is 0.349 e. The van der Waals surface area contributed by atoms with Gasteiger partial charge in [-0.05, 0) is 26.8 Å². The van der Waals surface area contributed by atoms with Crippen LogP contribution in [0.4, 0.5) is 5.13 Å². The molecule has 0 atom stereocenters.